The first kappa shape index (κ1) is 20.9. The summed E-state index contributed by atoms with van der Waals surface area (Å²) in [4.78, 5) is 28.7. The minimum absolute atomic E-state index is 0.169. The molecule has 1 atom stereocenters. The van der Waals surface area contributed by atoms with Crippen LogP contribution < -0.4 is 9.64 Å². The van der Waals surface area contributed by atoms with Crippen molar-refractivity contribution in [3.63, 3.8) is 0 Å². The zero-order valence-electron chi connectivity index (χ0n) is 17.4. The number of aliphatic hydroxyl groups is 1. The minimum atomic E-state index is -0.649. The predicted octanol–water partition coefficient (Wildman–Crippen LogP) is 5.17. The van der Waals surface area contributed by atoms with Crippen LogP contribution in [-0.2, 0) is 16.0 Å². The van der Waals surface area contributed by atoms with Crippen molar-refractivity contribution in [2.24, 2.45) is 0 Å². The van der Waals surface area contributed by atoms with Crippen molar-refractivity contribution in [1.82, 2.24) is 0 Å². The molecular formula is C25H23NO4S. The summed E-state index contributed by atoms with van der Waals surface area (Å²) in [5.41, 5.74) is 2.78. The number of carbonyl (C=O) groups is 2. The Morgan fingerprint density at radius 1 is 1.10 bits per heavy atom. The van der Waals surface area contributed by atoms with Gasteiger partial charge in [0.15, 0.2) is 11.5 Å². The molecule has 5 nitrogen and oxygen atoms in total. The second-order valence-corrected chi connectivity index (χ2v) is 8.36. The first-order valence-corrected chi connectivity index (χ1v) is 10.9. The summed E-state index contributed by atoms with van der Waals surface area (Å²) in [6.07, 6.45) is 0.761. The van der Waals surface area contributed by atoms with Crippen LogP contribution in [0.5, 0.6) is 5.75 Å². The largest absolute Gasteiger partial charge is 0.503 e. The summed E-state index contributed by atoms with van der Waals surface area (Å²) in [6, 6.07) is 18.1. The van der Waals surface area contributed by atoms with Crippen LogP contribution in [0.4, 0.5) is 5.69 Å². The molecule has 1 unspecified atom stereocenters. The Hall–Kier alpha value is -3.38. The molecule has 1 aliphatic heterocycles. The van der Waals surface area contributed by atoms with Crippen molar-refractivity contribution < 1.29 is 19.4 Å². The van der Waals surface area contributed by atoms with Gasteiger partial charge in [-0.15, -0.1) is 11.3 Å². The van der Waals surface area contributed by atoms with Gasteiger partial charge in [-0.3, -0.25) is 14.5 Å². The number of aryl methyl sites for hydroxylation is 2. The lowest BCUT2D eigenvalue weighted by atomic mass is 9.95. The Morgan fingerprint density at radius 3 is 2.42 bits per heavy atom. The molecule has 31 heavy (non-hydrogen) atoms. The number of hydrogen-bond acceptors (Lipinski definition) is 5. The van der Waals surface area contributed by atoms with Gasteiger partial charge in [0, 0.05) is 17.0 Å². The molecule has 1 aromatic heterocycles. The highest BCUT2D eigenvalue weighted by Gasteiger charge is 2.45. The first-order chi connectivity index (χ1) is 15.0. The van der Waals surface area contributed by atoms with Crippen LogP contribution in [0.25, 0.3) is 0 Å². The summed E-state index contributed by atoms with van der Waals surface area (Å²) in [7, 11) is 1.57. The molecule has 0 saturated heterocycles. The highest BCUT2D eigenvalue weighted by atomic mass is 32.1. The van der Waals surface area contributed by atoms with E-state index in [1.165, 1.54) is 16.2 Å². The number of hydrogen-bond donors (Lipinski definition) is 1. The van der Waals surface area contributed by atoms with Gasteiger partial charge >= 0.3 is 0 Å². The number of rotatable bonds is 7. The van der Waals surface area contributed by atoms with Crippen molar-refractivity contribution in [3.8, 4) is 5.75 Å². The summed E-state index contributed by atoms with van der Waals surface area (Å²) >= 11 is 1.48. The van der Waals surface area contributed by atoms with Crippen LogP contribution in [0.2, 0.25) is 0 Å². The maximum atomic E-state index is 13.3. The lowest BCUT2D eigenvalue weighted by Gasteiger charge is -2.26. The average Bonchev–Trinajstić information content (AvgIpc) is 3.33. The van der Waals surface area contributed by atoms with Gasteiger partial charge in [0.2, 0.25) is 0 Å². The van der Waals surface area contributed by atoms with E-state index in [2.05, 4.69) is 0 Å². The Morgan fingerprint density at radius 2 is 1.81 bits per heavy atom. The molecular weight excluding hydrogens is 410 g/mol. The molecule has 6 heteroatoms. The van der Waals surface area contributed by atoms with Crippen molar-refractivity contribution in [2.45, 2.75) is 25.8 Å². The van der Waals surface area contributed by atoms with E-state index < -0.39 is 17.7 Å². The number of anilines is 1. The fraction of sp³-hybridized carbons (Fsp3) is 0.200. The molecule has 0 fully saturated rings. The van der Waals surface area contributed by atoms with E-state index >= 15 is 0 Å². The monoisotopic (exact) mass is 433 g/mol. The van der Waals surface area contributed by atoms with E-state index in [9.17, 15) is 14.7 Å². The number of ketones is 1. The Bertz CT molecular complexity index is 1130. The lowest BCUT2D eigenvalue weighted by Crippen LogP contribution is -2.30. The molecule has 0 radical (unpaired) electrons. The van der Waals surface area contributed by atoms with Gasteiger partial charge in [0.05, 0.1) is 12.7 Å². The number of Topliss-reactive ketones (excluding diaryl/α,β-unsaturated/α-hetero) is 1. The van der Waals surface area contributed by atoms with Gasteiger partial charge in [-0.1, -0.05) is 30.3 Å². The minimum Gasteiger partial charge on any atom is -0.503 e. The number of aliphatic hydroxyl groups excluding tert-OH is 1. The number of carbonyl (C=O) groups excluding carboxylic acids is 2. The number of thiophene rings is 1. The molecule has 2 heterocycles. The summed E-state index contributed by atoms with van der Waals surface area (Å²) < 4.78 is 5.22. The molecule has 1 amide bonds. The fourth-order valence-corrected chi connectivity index (χ4v) is 4.87. The summed E-state index contributed by atoms with van der Waals surface area (Å²) in [6.45, 7) is 1.95. The third-order valence-electron chi connectivity index (χ3n) is 5.49. The quantitative estimate of drug-likeness (QED) is 0.558. The van der Waals surface area contributed by atoms with E-state index in [4.69, 9.17) is 4.74 Å². The molecule has 3 aromatic rings. The molecule has 1 aliphatic rings. The fourth-order valence-electron chi connectivity index (χ4n) is 3.85. The predicted molar refractivity (Wildman–Crippen MR) is 122 cm³/mol. The Kier molecular flexibility index (Phi) is 5.91. The number of ether oxygens (including phenoxy) is 1. The number of amides is 1. The summed E-state index contributed by atoms with van der Waals surface area (Å²) in [5.74, 6) is -0.586. The van der Waals surface area contributed by atoms with Gasteiger partial charge in [-0.2, -0.15) is 0 Å². The topological polar surface area (TPSA) is 66.8 Å². The SMILES string of the molecule is COc1ccc(N2C(=O)C(O)=C(C(=O)CCc3ccccc3)C2c2sccc2C)cc1. The first-order valence-electron chi connectivity index (χ1n) is 10.0. The highest BCUT2D eigenvalue weighted by Crippen LogP contribution is 2.44. The second-order valence-electron chi connectivity index (χ2n) is 7.41. The molecule has 2 aromatic carbocycles. The van der Waals surface area contributed by atoms with Crippen LogP contribution in [0.3, 0.4) is 0 Å². The van der Waals surface area contributed by atoms with E-state index in [-0.39, 0.29) is 17.8 Å². The third-order valence-corrected chi connectivity index (χ3v) is 6.56. The maximum Gasteiger partial charge on any atom is 0.294 e. The molecule has 1 N–H and O–H groups in total. The van der Waals surface area contributed by atoms with Crippen molar-refractivity contribution in [2.75, 3.05) is 12.0 Å². The molecule has 0 aliphatic carbocycles. The molecule has 0 spiro atoms. The van der Waals surface area contributed by atoms with Crippen LogP contribution in [0, 0.1) is 6.92 Å². The van der Waals surface area contributed by atoms with E-state index in [0.29, 0.717) is 17.9 Å². The van der Waals surface area contributed by atoms with E-state index in [0.717, 1.165) is 16.0 Å². The van der Waals surface area contributed by atoms with Crippen LogP contribution in [0.1, 0.15) is 28.5 Å². The molecule has 4 rings (SSSR count). The standard InChI is InChI=1S/C25H23NO4S/c1-16-14-15-31-24(16)22-21(20(27)13-8-17-6-4-3-5-7-17)23(28)25(29)26(22)18-9-11-19(30-2)12-10-18/h3-7,9-12,14-15,22,28H,8,13H2,1-2H3. The zero-order chi connectivity index (χ0) is 22.0. The normalized spacial score (nSPS) is 16.1. The number of methoxy groups -OCH3 is 1. The van der Waals surface area contributed by atoms with E-state index in [1.54, 1.807) is 31.4 Å². The molecule has 158 valence electrons. The van der Waals surface area contributed by atoms with Crippen molar-refractivity contribution in [1.29, 1.82) is 0 Å². The van der Waals surface area contributed by atoms with Crippen molar-refractivity contribution >= 4 is 28.7 Å². The number of benzene rings is 2. The average molecular weight is 434 g/mol. The van der Waals surface area contributed by atoms with Crippen LogP contribution >= 0.6 is 11.3 Å². The highest BCUT2D eigenvalue weighted by molar-refractivity contribution is 7.10. The van der Waals surface area contributed by atoms with Crippen molar-refractivity contribution in [3.05, 3.63) is 93.4 Å². The Labute approximate surface area is 185 Å². The van der Waals surface area contributed by atoms with Crippen LogP contribution in [0.15, 0.2) is 77.4 Å². The maximum absolute atomic E-state index is 13.3. The van der Waals surface area contributed by atoms with Gasteiger partial charge in [0.25, 0.3) is 5.91 Å². The van der Waals surface area contributed by atoms with E-state index in [1.807, 2.05) is 48.7 Å². The van der Waals surface area contributed by atoms with Gasteiger partial charge in [0.1, 0.15) is 11.8 Å². The Balaban J connectivity index is 1.71. The van der Waals surface area contributed by atoms with Crippen LogP contribution in [-0.4, -0.2) is 23.9 Å². The third kappa shape index (κ3) is 3.99. The summed E-state index contributed by atoms with van der Waals surface area (Å²) in [5, 5.41) is 12.7. The van der Waals surface area contributed by atoms with Gasteiger partial charge in [-0.25, -0.2) is 0 Å². The zero-order valence-corrected chi connectivity index (χ0v) is 18.2. The molecule has 0 bridgehead atoms. The van der Waals surface area contributed by atoms with Gasteiger partial charge in [-0.05, 0) is 60.2 Å². The lowest BCUT2D eigenvalue weighted by molar-refractivity contribution is -0.118. The van der Waals surface area contributed by atoms with Gasteiger partial charge < -0.3 is 9.84 Å². The number of nitrogens with zero attached hydrogens (tertiary/aromatic N) is 1. The second kappa shape index (κ2) is 8.78. The smallest absolute Gasteiger partial charge is 0.294 e. The molecule has 0 saturated carbocycles.